The maximum atomic E-state index is 12.0. The SMILES string of the molecule is CCCCC/C=C\C/C=C\C/C=C\C=C\[C@@H](O)CCCC(=O)OC[C@H](O)COC(=O)CCCCCCCCCCCCCCCCCCCCC. The highest BCUT2D eigenvalue weighted by molar-refractivity contribution is 5.69. The number of unbranched alkanes of at least 4 members (excludes halogenated alkanes) is 21. The molecule has 51 heavy (non-hydrogen) atoms. The number of rotatable bonds is 38. The number of ether oxygens (including phenoxy) is 2. The Labute approximate surface area is 314 Å². The van der Waals surface area contributed by atoms with Crippen LogP contribution < -0.4 is 0 Å². The molecule has 0 aliphatic carbocycles. The normalized spacial score (nSPS) is 13.3. The molecule has 6 heteroatoms. The van der Waals surface area contributed by atoms with Crippen LogP contribution in [0.1, 0.15) is 200 Å². The van der Waals surface area contributed by atoms with Crippen molar-refractivity contribution in [2.45, 2.75) is 212 Å². The molecule has 2 atom stereocenters. The number of esters is 2. The highest BCUT2D eigenvalue weighted by Gasteiger charge is 2.12. The Morgan fingerprint density at radius 3 is 1.41 bits per heavy atom. The fourth-order valence-corrected chi connectivity index (χ4v) is 5.90. The van der Waals surface area contributed by atoms with Crippen LogP contribution in [0, 0.1) is 0 Å². The van der Waals surface area contributed by atoms with Gasteiger partial charge in [0, 0.05) is 12.8 Å². The molecule has 0 saturated heterocycles. The predicted molar refractivity (Wildman–Crippen MR) is 216 cm³/mol. The Kier molecular flexibility index (Phi) is 38.9. The summed E-state index contributed by atoms with van der Waals surface area (Å²) >= 11 is 0. The zero-order valence-electron chi connectivity index (χ0n) is 33.2. The molecule has 0 heterocycles. The van der Waals surface area contributed by atoms with Gasteiger partial charge in [0.15, 0.2) is 0 Å². The third-order valence-corrected chi connectivity index (χ3v) is 9.17. The first kappa shape index (κ1) is 48.8. The third-order valence-electron chi connectivity index (χ3n) is 9.17. The molecule has 0 aliphatic rings. The molecule has 0 bridgehead atoms. The number of carbonyl (C=O) groups excluding carboxylic acids is 2. The van der Waals surface area contributed by atoms with Gasteiger partial charge < -0.3 is 19.7 Å². The Morgan fingerprint density at radius 2 is 0.902 bits per heavy atom. The fraction of sp³-hybridized carbons (Fsp3) is 0.778. The topological polar surface area (TPSA) is 93.1 Å². The highest BCUT2D eigenvalue weighted by Crippen LogP contribution is 2.15. The van der Waals surface area contributed by atoms with Gasteiger partial charge in [0.1, 0.15) is 19.3 Å². The standard InChI is InChI=1S/C45H80O6/c1-3-5-7-9-11-13-15-17-18-19-20-21-22-24-26-28-30-32-34-38-44(48)50-40-43(47)41-51-45(49)39-35-37-42(46)36-33-31-29-27-25-23-16-14-12-10-8-6-4-2/h12,14,23,25,29,31,33,36,42-43,46-47H,3-11,13,15-22,24,26-28,30,32,34-35,37-41H2,1-2H3/b14-12-,25-23-,31-29-,36-33+/t42-,43-/m1/s1. The lowest BCUT2D eigenvalue weighted by atomic mass is 10.0. The van der Waals surface area contributed by atoms with Crippen LogP contribution in [0.3, 0.4) is 0 Å². The summed E-state index contributed by atoms with van der Waals surface area (Å²) in [5.74, 6) is -0.755. The Bertz CT molecular complexity index is 876. The molecule has 0 unspecified atom stereocenters. The maximum Gasteiger partial charge on any atom is 0.305 e. The first-order valence-electron chi connectivity index (χ1n) is 21.3. The van der Waals surface area contributed by atoms with E-state index in [2.05, 4.69) is 38.2 Å². The van der Waals surface area contributed by atoms with Gasteiger partial charge >= 0.3 is 11.9 Å². The molecule has 0 saturated carbocycles. The van der Waals surface area contributed by atoms with Gasteiger partial charge in [-0.2, -0.15) is 0 Å². The van der Waals surface area contributed by atoms with Gasteiger partial charge in [0.05, 0.1) is 6.10 Å². The van der Waals surface area contributed by atoms with Crippen molar-refractivity contribution in [1.29, 1.82) is 0 Å². The van der Waals surface area contributed by atoms with Crippen molar-refractivity contribution in [2.24, 2.45) is 0 Å². The van der Waals surface area contributed by atoms with Crippen molar-refractivity contribution in [1.82, 2.24) is 0 Å². The molecule has 2 N–H and O–H groups in total. The van der Waals surface area contributed by atoms with E-state index in [0.29, 0.717) is 19.3 Å². The van der Waals surface area contributed by atoms with Crippen LogP contribution in [0.4, 0.5) is 0 Å². The van der Waals surface area contributed by atoms with Gasteiger partial charge in [0.2, 0.25) is 0 Å². The van der Waals surface area contributed by atoms with Crippen molar-refractivity contribution < 1.29 is 29.3 Å². The van der Waals surface area contributed by atoms with Crippen molar-refractivity contribution in [3.8, 4) is 0 Å². The van der Waals surface area contributed by atoms with E-state index in [0.717, 1.165) is 38.5 Å². The summed E-state index contributed by atoms with van der Waals surface area (Å²) in [6.07, 6.45) is 47.8. The minimum absolute atomic E-state index is 0.157. The average molecular weight is 717 g/mol. The molecule has 0 aliphatic heterocycles. The van der Waals surface area contributed by atoms with Gasteiger partial charge in [-0.1, -0.05) is 191 Å². The van der Waals surface area contributed by atoms with Crippen LogP contribution in [-0.2, 0) is 19.1 Å². The van der Waals surface area contributed by atoms with Gasteiger partial charge in [0.25, 0.3) is 0 Å². The lowest BCUT2D eigenvalue weighted by molar-refractivity contribution is -0.152. The van der Waals surface area contributed by atoms with Crippen molar-refractivity contribution in [2.75, 3.05) is 13.2 Å². The van der Waals surface area contributed by atoms with E-state index >= 15 is 0 Å². The van der Waals surface area contributed by atoms with E-state index in [1.807, 2.05) is 18.2 Å². The monoisotopic (exact) mass is 717 g/mol. The number of carbonyl (C=O) groups is 2. The molecule has 0 aromatic rings. The summed E-state index contributed by atoms with van der Waals surface area (Å²) in [5.41, 5.74) is 0. The first-order chi connectivity index (χ1) is 25.0. The maximum absolute atomic E-state index is 12.0. The van der Waals surface area contributed by atoms with E-state index in [1.54, 1.807) is 6.08 Å². The Morgan fingerprint density at radius 1 is 0.490 bits per heavy atom. The van der Waals surface area contributed by atoms with Crippen LogP contribution >= 0.6 is 0 Å². The second-order valence-electron chi connectivity index (χ2n) is 14.3. The van der Waals surface area contributed by atoms with Crippen LogP contribution in [0.25, 0.3) is 0 Å². The van der Waals surface area contributed by atoms with Crippen molar-refractivity contribution in [3.05, 3.63) is 48.6 Å². The lowest BCUT2D eigenvalue weighted by Crippen LogP contribution is -2.25. The number of hydrogen-bond donors (Lipinski definition) is 2. The summed E-state index contributed by atoms with van der Waals surface area (Å²) in [7, 11) is 0. The zero-order chi connectivity index (χ0) is 37.3. The third kappa shape index (κ3) is 40.4. The smallest absolute Gasteiger partial charge is 0.305 e. The summed E-state index contributed by atoms with van der Waals surface area (Å²) < 4.78 is 10.3. The highest BCUT2D eigenvalue weighted by atomic mass is 16.6. The average Bonchev–Trinajstić information content (AvgIpc) is 3.12. The Balaban J connectivity index is 3.57. The molecule has 0 aromatic carbocycles. The summed E-state index contributed by atoms with van der Waals surface area (Å²) in [4.78, 5) is 24.0. The van der Waals surface area contributed by atoms with E-state index in [-0.39, 0.29) is 25.6 Å². The minimum Gasteiger partial charge on any atom is -0.463 e. The molecule has 0 rings (SSSR count). The van der Waals surface area contributed by atoms with Gasteiger partial charge in [-0.05, 0) is 44.9 Å². The van der Waals surface area contributed by atoms with Gasteiger partial charge in [-0.15, -0.1) is 0 Å². The van der Waals surface area contributed by atoms with Crippen LogP contribution in [0.5, 0.6) is 0 Å². The van der Waals surface area contributed by atoms with E-state index in [1.165, 1.54) is 122 Å². The van der Waals surface area contributed by atoms with E-state index < -0.39 is 18.2 Å². The number of aliphatic hydroxyl groups is 2. The molecule has 0 spiro atoms. The first-order valence-corrected chi connectivity index (χ1v) is 21.3. The molecule has 0 fully saturated rings. The zero-order valence-corrected chi connectivity index (χ0v) is 33.2. The van der Waals surface area contributed by atoms with E-state index in [9.17, 15) is 19.8 Å². The summed E-state index contributed by atoms with van der Waals surface area (Å²) in [6.45, 7) is 4.12. The molecule has 6 nitrogen and oxygen atoms in total. The van der Waals surface area contributed by atoms with E-state index in [4.69, 9.17) is 9.47 Å². The molecule has 296 valence electrons. The quantitative estimate of drug-likeness (QED) is 0.0286. The molecular weight excluding hydrogens is 636 g/mol. The van der Waals surface area contributed by atoms with Gasteiger partial charge in [-0.25, -0.2) is 0 Å². The number of hydrogen-bond acceptors (Lipinski definition) is 6. The molecular formula is C45H80O6. The summed E-state index contributed by atoms with van der Waals surface area (Å²) in [5, 5.41) is 20.1. The van der Waals surface area contributed by atoms with Crippen LogP contribution in [0.2, 0.25) is 0 Å². The van der Waals surface area contributed by atoms with Gasteiger partial charge in [-0.3, -0.25) is 9.59 Å². The number of allylic oxidation sites excluding steroid dienone is 7. The van der Waals surface area contributed by atoms with Crippen LogP contribution in [-0.4, -0.2) is 47.6 Å². The number of aliphatic hydroxyl groups excluding tert-OH is 2. The molecule has 0 amide bonds. The largest absolute Gasteiger partial charge is 0.463 e. The second kappa shape index (κ2) is 40.6. The molecule has 0 aromatic heterocycles. The van der Waals surface area contributed by atoms with Crippen molar-refractivity contribution >= 4 is 11.9 Å². The van der Waals surface area contributed by atoms with Crippen LogP contribution in [0.15, 0.2) is 48.6 Å². The summed E-state index contributed by atoms with van der Waals surface area (Å²) in [6, 6.07) is 0. The molecule has 0 radical (unpaired) electrons. The minimum atomic E-state index is -1.04. The Hall–Kier alpha value is -2.18. The lowest BCUT2D eigenvalue weighted by Gasteiger charge is -2.12. The van der Waals surface area contributed by atoms with Crippen molar-refractivity contribution in [3.63, 3.8) is 0 Å². The predicted octanol–water partition coefficient (Wildman–Crippen LogP) is 12.4. The second-order valence-corrected chi connectivity index (χ2v) is 14.3. The fourth-order valence-electron chi connectivity index (χ4n) is 5.90.